The van der Waals surface area contributed by atoms with Crippen LogP contribution in [0.2, 0.25) is 0 Å². The molecular formula is C18H35N3. The Labute approximate surface area is 132 Å². The normalized spacial score (nSPS) is 19.7. The van der Waals surface area contributed by atoms with Crippen LogP contribution in [0.25, 0.3) is 0 Å². The summed E-state index contributed by atoms with van der Waals surface area (Å²) >= 11 is 0. The largest absolute Gasteiger partial charge is 0.306 e. The number of unbranched alkanes of at least 4 members (excludes halogenated alkanes) is 1. The van der Waals surface area contributed by atoms with Crippen LogP contribution in [0.1, 0.15) is 72.1 Å². The zero-order valence-corrected chi connectivity index (χ0v) is 14.6. The highest BCUT2D eigenvalue weighted by Gasteiger charge is 2.23. The average Bonchev–Trinajstić information content (AvgIpc) is 2.44. The second-order valence-electron chi connectivity index (χ2n) is 7.47. The van der Waals surface area contributed by atoms with E-state index >= 15 is 0 Å². The van der Waals surface area contributed by atoms with Gasteiger partial charge < -0.3 is 4.90 Å². The standard InChI is InChI=1S/C18H35N3/c1-16(2)20-18(3,15-19)12-8-9-13-21(4)14-17-10-6-5-7-11-17/h16-17,20H,5-14H2,1-4H3. The van der Waals surface area contributed by atoms with Crippen LogP contribution < -0.4 is 5.32 Å². The third-order valence-electron chi connectivity index (χ3n) is 4.62. The van der Waals surface area contributed by atoms with Gasteiger partial charge in [-0.2, -0.15) is 5.26 Å². The molecule has 0 aromatic heterocycles. The van der Waals surface area contributed by atoms with Gasteiger partial charge in [-0.25, -0.2) is 0 Å². The molecule has 1 rings (SSSR count). The van der Waals surface area contributed by atoms with Gasteiger partial charge in [-0.05, 0) is 72.4 Å². The second-order valence-corrected chi connectivity index (χ2v) is 7.47. The minimum atomic E-state index is -0.365. The number of hydrogen-bond donors (Lipinski definition) is 1. The smallest absolute Gasteiger partial charge is 0.104 e. The van der Waals surface area contributed by atoms with Gasteiger partial charge in [-0.15, -0.1) is 0 Å². The van der Waals surface area contributed by atoms with E-state index in [1.807, 2.05) is 6.92 Å². The first-order valence-electron chi connectivity index (χ1n) is 8.82. The summed E-state index contributed by atoms with van der Waals surface area (Å²) in [6.07, 6.45) is 10.4. The number of nitrogens with one attached hydrogen (secondary N) is 1. The Morgan fingerprint density at radius 3 is 2.48 bits per heavy atom. The van der Waals surface area contributed by atoms with Gasteiger partial charge in [-0.3, -0.25) is 5.32 Å². The van der Waals surface area contributed by atoms with E-state index in [2.05, 4.69) is 37.2 Å². The van der Waals surface area contributed by atoms with Crippen LogP contribution in [-0.2, 0) is 0 Å². The number of nitrogens with zero attached hydrogens (tertiary/aromatic N) is 2. The third-order valence-corrected chi connectivity index (χ3v) is 4.62. The van der Waals surface area contributed by atoms with E-state index in [4.69, 9.17) is 0 Å². The van der Waals surface area contributed by atoms with Gasteiger partial charge in [-0.1, -0.05) is 19.3 Å². The fraction of sp³-hybridized carbons (Fsp3) is 0.944. The maximum absolute atomic E-state index is 9.34. The first kappa shape index (κ1) is 18.5. The van der Waals surface area contributed by atoms with Crippen molar-refractivity contribution in [2.75, 3.05) is 20.1 Å². The van der Waals surface area contributed by atoms with E-state index in [0.29, 0.717) is 6.04 Å². The zero-order valence-electron chi connectivity index (χ0n) is 14.6. The lowest BCUT2D eigenvalue weighted by Crippen LogP contribution is -2.45. The van der Waals surface area contributed by atoms with Crippen LogP contribution in [0.4, 0.5) is 0 Å². The van der Waals surface area contributed by atoms with Gasteiger partial charge in [0.25, 0.3) is 0 Å². The van der Waals surface area contributed by atoms with Crippen molar-refractivity contribution in [2.45, 2.75) is 83.7 Å². The van der Waals surface area contributed by atoms with Crippen molar-refractivity contribution in [1.29, 1.82) is 5.26 Å². The Hall–Kier alpha value is -0.590. The topological polar surface area (TPSA) is 39.1 Å². The minimum absolute atomic E-state index is 0.364. The average molecular weight is 293 g/mol. The van der Waals surface area contributed by atoms with E-state index in [9.17, 15) is 5.26 Å². The molecular weight excluding hydrogens is 258 g/mol. The van der Waals surface area contributed by atoms with Crippen molar-refractivity contribution in [3.05, 3.63) is 0 Å². The molecule has 0 saturated heterocycles. The molecule has 1 fully saturated rings. The molecule has 122 valence electrons. The summed E-state index contributed by atoms with van der Waals surface area (Å²) in [5.74, 6) is 0.927. The van der Waals surface area contributed by atoms with E-state index in [1.165, 1.54) is 51.6 Å². The summed E-state index contributed by atoms with van der Waals surface area (Å²) in [5.41, 5.74) is -0.365. The maximum atomic E-state index is 9.34. The summed E-state index contributed by atoms with van der Waals surface area (Å²) in [6.45, 7) is 8.67. The van der Waals surface area contributed by atoms with Gasteiger partial charge in [0.1, 0.15) is 5.54 Å². The molecule has 0 radical (unpaired) electrons. The molecule has 1 aliphatic rings. The van der Waals surface area contributed by atoms with Gasteiger partial charge in [0, 0.05) is 12.6 Å². The summed E-state index contributed by atoms with van der Waals surface area (Å²) in [4.78, 5) is 2.50. The maximum Gasteiger partial charge on any atom is 0.104 e. The van der Waals surface area contributed by atoms with Crippen molar-refractivity contribution >= 4 is 0 Å². The Morgan fingerprint density at radius 1 is 1.24 bits per heavy atom. The first-order valence-corrected chi connectivity index (χ1v) is 8.82. The highest BCUT2D eigenvalue weighted by Crippen LogP contribution is 2.24. The molecule has 1 saturated carbocycles. The number of nitriles is 1. The Balaban J connectivity index is 2.16. The summed E-state index contributed by atoms with van der Waals surface area (Å²) in [6, 6.07) is 2.80. The van der Waals surface area contributed by atoms with Crippen LogP contribution in [0.15, 0.2) is 0 Å². The lowest BCUT2D eigenvalue weighted by Gasteiger charge is -2.28. The van der Waals surface area contributed by atoms with Crippen molar-refractivity contribution in [2.24, 2.45) is 5.92 Å². The first-order chi connectivity index (χ1) is 9.95. The highest BCUT2D eigenvalue weighted by molar-refractivity contribution is 5.04. The van der Waals surface area contributed by atoms with E-state index in [1.54, 1.807) is 0 Å². The van der Waals surface area contributed by atoms with Gasteiger partial charge >= 0.3 is 0 Å². The molecule has 0 aromatic rings. The monoisotopic (exact) mass is 293 g/mol. The van der Waals surface area contributed by atoms with Crippen LogP contribution in [0, 0.1) is 17.2 Å². The lowest BCUT2D eigenvalue weighted by atomic mass is 9.89. The SMILES string of the molecule is CC(C)NC(C)(C#N)CCCCN(C)CC1CCCCC1. The molecule has 3 heteroatoms. The Kier molecular flexibility index (Phi) is 8.29. The molecule has 1 unspecified atom stereocenters. The molecule has 1 aliphatic carbocycles. The second kappa shape index (κ2) is 9.43. The Bertz CT molecular complexity index is 315. The van der Waals surface area contributed by atoms with E-state index < -0.39 is 0 Å². The van der Waals surface area contributed by atoms with Crippen LogP contribution in [-0.4, -0.2) is 36.6 Å². The third kappa shape index (κ3) is 7.83. The molecule has 0 aromatic carbocycles. The summed E-state index contributed by atoms with van der Waals surface area (Å²) in [5, 5.41) is 12.7. The molecule has 0 spiro atoms. The lowest BCUT2D eigenvalue weighted by molar-refractivity contribution is 0.228. The zero-order chi connectivity index (χ0) is 15.7. The molecule has 0 heterocycles. The molecule has 0 amide bonds. The molecule has 1 atom stereocenters. The highest BCUT2D eigenvalue weighted by atomic mass is 15.1. The molecule has 3 nitrogen and oxygen atoms in total. The van der Waals surface area contributed by atoms with Gasteiger partial charge in [0.05, 0.1) is 6.07 Å². The van der Waals surface area contributed by atoms with Crippen molar-refractivity contribution in [3.63, 3.8) is 0 Å². The minimum Gasteiger partial charge on any atom is -0.306 e. The van der Waals surface area contributed by atoms with Crippen molar-refractivity contribution in [1.82, 2.24) is 10.2 Å². The fourth-order valence-electron chi connectivity index (χ4n) is 3.56. The van der Waals surface area contributed by atoms with E-state index in [0.717, 1.165) is 18.8 Å². The quantitative estimate of drug-likeness (QED) is 0.654. The molecule has 21 heavy (non-hydrogen) atoms. The Morgan fingerprint density at radius 2 is 1.90 bits per heavy atom. The molecule has 0 bridgehead atoms. The van der Waals surface area contributed by atoms with Crippen LogP contribution >= 0.6 is 0 Å². The number of hydrogen-bond acceptors (Lipinski definition) is 3. The van der Waals surface area contributed by atoms with E-state index in [-0.39, 0.29) is 5.54 Å². The predicted molar refractivity (Wildman–Crippen MR) is 90.2 cm³/mol. The van der Waals surface area contributed by atoms with Crippen LogP contribution in [0.5, 0.6) is 0 Å². The summed E-state index contributed by atoms with van der Waals surface area (Å²) in [7, 11) is 2.25. The summed E-state index contributed by atoms with van der Waals surface area (Å²) < 4.78 is 0. The van der Waals surface area contributed by atoms with Crippen molar-refractivity contribution in [3.8, 4) is 6.07 Å². The van der Waals surface area contributed by atoms with Crippen LogP contribution in [0.3, 0.4) is 0 Å². The fourth-order valence-corrected chi connectivity index (χ4v) is 3.56. The predicted octanol–water partition coefficient (Wildman–Crippen LogP) is 3.95. The number of rotatable bonds is 9. The van der Waals surface area contributed by atoms with Gasteiger partial charge in [0.2, 0.25) is 0 Å². The van der Waals surface area contributed by atoms with Crippen molar-refractivity contribution < 1.29 is 0 Å². The molecule has 0 aliphatic heterocycles. The molecule has 1 N–H and O–H groups in total. The van der Waals surface area contributed by atoms with Gasteiger partial charge in [0.15, 0.2) is 0 Å².